The van der Waals surface area contributed by atoms with E-state index in [0.717, 1.165) is 43.7 Å². The van der Waals surface area contributed by atoms with Crippen molar-refractivity contribution in [2.45, 2.75) is 19.4 Å². The molecular formula is C19H19FN4O. The van der Waals surface area contributed by atoms with E-state index < -0.39 is 0 Å². The van der Waals surface area contributed by atoms with Gasteiger partial charge in [-0.05, 0) is 31.0 Å². The Morgan fingerprint density at radius 2 is 2.16 bits per heavy atom. The van der Waals surface area contributed by atoms with E-state index in [2.05, 4.69) is 19.8 Å². The molecule has 0 amide bonds. The van der Waals surface area contributed by atoms with Crippen LogP contribution in [-0.2, 0) is 0 Å². The van der Waals surface area contributed by atoms with Crippen LogP contribution in [0.5, 0.6) is 0 Å². The van der Waals surface area contributed by atoms with Crippen LogP contribution >= 0.6 is 0 Å². The molecule has 0 spiro atoms. The SMILES string of the molecule is Cc1cccc(F)c1-c1cnc2oc(N3CCN4CCC3C4)nc2c1. The molecule has 2 bridgehead atoms. The van der Waals surface area contributed by atoms with Crippen LogP contribution in [0.3, 0.4) is 0 Å². The van der Waals surface area contributed by atoms with Crippen LogP contribution in [0, 0.1) is 12.7 Å². The van der Waals surface area contributed by atoms with Crippen molar-refractivity contribution in [3.8, 4) is 11.1 Å². The summed E-state index contributed by atoms with van der Waals surface area (Å²) >= 11 is 0. The van der Waals surface area contributed by atoms with Gasteiger partial charge < -0.3 is 9.32 Å². The lowest BCUT2D eigenvalue weighted by molar-refractivity contribution is 0.304. The average molecular weight is 338 g/mol. The van der Waals surface area contributed by atoms with Crippen molar-refractivity contribution in [1.29, 1.82) is 0 Å². The van der Waals surface area contributed by atoms with Gasteiger partial charge in [-0.2, -0.15) is 4.98 Å². The maximum absolute atomic E-state index is 14.2. The summed E-state index contributed by atoms with van der Waals surface area (Å²) in [7, 11) is 0. The molecule has 2 atom stereocenters. The van der Waals surface area contributed by atoms with E-state index in [1.54, 1.807) is 12.3 Å². The van der Waals surface area contributed by atoms with Gasteiger partial charge in [0.2, 0.25) is 5.71 Å². The molecule has 3 aromatic rings. The molecule has 0 radical (unpaired) electrons. The molecule has 6 heteroatoms. The Labute approximate surface area is 145 Å². The predicted molar refractivity (Wildman–Crippen MR) is 94.1 cm³/mol. The maximum Gasteiger partial charge on any atom is 0.300 e. The molecule has 25 heavy (non-hydrogen) atoms. The summed E-state index contributed by atoms with van der Waals surface area (Å²) in [6, 6.07) is 8.06. The smallest absolute Gasteiger partial charge is 0.300 e. The fraction of sp³-hybridized carbons (Fsp3) is 0.368. The Balaban J connectivity index is 1.55. The molecule has 128 valence electrons. The molecule has 2 saturated heterocycles. The standard InChI is InChI=1S/C19H19FN4O/c1-12-3-2-4-15(20)17(12)13-9-16-18(21-10-13)25-19(22-16)24-8-7-23-6-5-14(24)11-23/h2-4,9-10,14H,5-8,11H2,1H3. The van der Waals surface area contributed by atoms with Crippen molar-refractivity contribution < 1.29 is 8.81 Å². The zero-order valence-corrected chi connectivity index (χ0v) is 14.1. The Morgan fingerprint density at radius 1 is 1.24 bits per heavy atom. The van der Waals surface area contributed by atoms with E-state index in [0.29, 0.717) is 28.9 Å². The second kappa shape index (κ2) is 5.52. The molecule has 5 nitrogen and oxygen atoms in total. The minimum absolute atomic E-state index is 0.244. The first-order chi connectivity index (χ1) is 12.2. The van der Waals surface area contributed by atoms with Gasteiger partial charge in [-0.25, -0.2) is 9.37 Å². The van der Waals surface area contributed by atoms with Crippen molar-refractivity contribution in [1.82, 2.24) is 14.9 Å². The Hall–Kier alpha value is -2.47. The molecule has 5 rings (SSSR count). The molecule has 4 heterocycles. The van der Waals surface area contributed by atoms with E-state index in [9.17, 15) is 4.39 Å². The third-order valence-electron chi connectivity index (χ3n) is 5.34. The summed E-state index contributed by atoms with van der Waals surface area (Å²) < 4.78 is 20.2. The molecule has 0 saturated carbocycles. The zero-order chi connectivity index (χ0) is 17.0. The van der Waals surface area contributed by atoms with Gasteiger partial charge in [0.15, 0.2) is 0 Å². The van der Waals surface area contributed by atoms with E-state index in [4.69, 9.17) is 4.42 Å². The Bertz CT molecular complexity index is 933. The number of aromatic nitrogens is 2. The number of fused-ring (bicyclic) bond motifs is 3. The van der Waals surface area contributed by atoms with Gasteiger partial charge in [-0.15, -0.1) is 0 Å². The lowest BCUT2D eigenvalue weighted by Crippen LogP contribution is -2.46. The average Bonchev–Trinajstić information content (AvgIpc) is 3.19. The van der Waals surface area contributed by atoms with Crippen LogP contribution in [0.25, 0.3) is 22.4 Å². The zero-order valence-electron chi connectivity index (χ0n) is 14.1. The first-order valence-corrected chi connectivity index (χ1v) is 8.70. The number of pyridine rings is 1. The van der Waals surface area contributed by atoms with Gasteiger partial charge in [0.1, 0.15) is 11.3 Å². The second-order valence-corrected chi connectivity index (χ2v) is 6.91. The minimum Gasteiger partial charge on any atom is -0.404 e. The van der Waals surface area contributed by atoms with Gasteiger partial charge in [0, 0.05) is 49.5 Å². The molecular weight excluding hydrogens is 319 g/mol. The van der Waals surface area contributed by atoms with Crippen molar-refractivity contribution in [3.05, 3.63) is 41.8 Å². The van der Waals surface area contributed by atoms with E-state index in [1.807, 2.05) is 19.1 Å². The predicted octanol–water partition coefficient (Wildman–Crippen LogP) is 3.23. The van der Waals surface area contributed by atoms with Crippen LogP contribution < -0.4 is 4.90 Å². The third-order valence-corrected chi connectivity index (χ3v) is 5.34. The van der Waals surface area contributed by atoms with Gasteiger partial charge >= 0.3 is 0 Å². The van der Waals surface area contributed by atoms with Gasteiger partial charge in [-0.3, -0.25) is 4.90 Å². The minimum atomic E-state index is -0.244. The second-order valence-electron chi connectivity index (χ2n) is 6.91. The number of oxazole rings is 1. The summed E-state index contributed by atoms with van der Waals surface area (Å²) in [4.78, 5) is 13.8. The van der Waals surface area contributed by atoms with Crippen LogP contribution in [0.4, 0.5) is 10.4 Å². The first kappa shape index (κ1) is 14.8. The molecule has 1 aromatic carbocycles. The fourth-order valence-corrected chi connectivity index (χ4v) is 4.02. The van der Waals surface area contributed by atoms with Crippen molar-refractivity contribution in [3.63, 3.8) is 0 Å². The Kier molecular flexibility index (Phi) is 3.28. The number of rotatable bonds is 2. The van der Waals surface area contributed by atoms with Crippen LogP contribution in [-0.4, -0.2) is 47.1 Å². The van der Waals surface area contributed by atoms with Crippen LogP contribution in [0.2, 0.25) is 0 Å². The topological polar surface area (TPSA) is 45.4 Å². The Morgan fingerprint density at radius 3 is 3.04 bits per heavy atom. The molecule has 2 aliphatic rings. The molecule has 2 aliphatic heterocycles. The van der Waals surface area contributed by atoms with Crippen molar-refractivity contribution in [2.24, 2.45) is 0 Å². The summed E-state index contributed by atoms with van der Waals surface area (Å²) in [5, 5.41) is 0. The van der Waals surface area contributed by atoms with Crippen LogP contribution in [0.15, 0.2) is 34.9 Å². The number of benzene rings is 1. The third kappa shape index (κ3) is 2.40. The fourth-order valence-electron chi connectivity index (χ4n) is 4.02. The number of hydrogen-bond donors (Lipinski definition) is 0. The summed E-state index contributed by atoms with van der Waals surface area (Å²) in [5.74, 6) is -0.244. The highest BCUT2D eigenvalue weighted by Gasteiger charge is 2.34. The van der Waals surface area contributed by atoms with E-state index in [1.165, 1.54) is 6.07 Å². The number of piperazine rings is 1. The van der Waals surface area contributed by atoms with Gasteiger partial charge in [0.25, 0.3) is 6.01 Å². The number of hydrogen-bond acceptors (Lipinski definition) is 5. The molecule has 0 aliphatic carbocycles. The van der Waals surface area contributed by atoms with E-state index in [-0.39, 0.29) is 5.82 Å². The number of aryl methyl sites for hydroxylation is 1. The summed E-state index contributed by atoms with van der Waals surface area (Å²) in [6.07, 6.45) is 2.81. The normalized spacial score (nSPS) is 22.7. The summed E-state index contributed by atoms with van der Waals surface area (Å²) in [6.45, 7) is 6.09. The number of halogens is 1. The number of anilines is 1. The summed E-state index contributed by atoms with van der Waals surface area (Å²) in [5.41, 5.74) is 3.37. The number of nitrogens with zero attached hydrogens (tertiary/aromatic N) is 4. The monoisotopic (exact) mass is 338 g/mol. The maximum atomic E-state index is 14.2. The largest absolute Gasteiger partial charge is 0.404 e. The van der Waals surface area contributed by atoms with Gasteiger partial charge in [-0.1, -0.05) is 12.1 Å². The molecule has 2 fully saturated rings. The lowest BCUT2D eigenvalue weighted by Gasteiger charge is -2.32. The first-order valence-electron chi connectivity index (χ1n) is 8.70. The molecule has 0 N–H and O–H groups in total. The van der Waals surface area contributed by atoms with E-state index >= 15 is 0 Å². The highest BCUT2D eigenvalue weighted by molar-refractivity contribution is 5.79. The van der Waals surface area contributed by atoms with Crippen LogP contribution in [0.1, 0.15) is 12.0 Å². The quantitative estimate of drug-likeness (QED) is 0.718. The van der Waals surface area contributed by atoms with Crippen molar-refractivity contribution >= 4 is 17.2 Å². The van der Waals surface area contributed by atoms with Crippen molar-refractivity contribution in [2.75, 3.05) is 31.1 Å². The molecule has 2 unspecified atom stereocenters. The molecule has 2 aromatic heterocycles. The highest BCUT2D eigenvalue weighted by atomic mass is 19.1. The lowest BCUT2D eigenvalue weighted by atomic mass is 10.0. The van der Waals surface area contributed by atoms with Gasteiger partial charge in [0.05, 0.1) is 0 Å². The highest BCUT2D eigenvalue weighted by Crippen LogP contribution is 2.31.